The molecule has 0 bridgehead atoms. The summed E-state index contributed by atoms with van der Waals surface area (Å²) >= 11 is 0. The molecule has 4 aliphatic rings. The number of carbonyl (C=O) groups is 1. The molecule has 0 aromatic rings. The van der Waals surface area contributed by atoms with E-state index < -0.39 is 0 Å². The Bertz CT molecular complexity index is 620. The van der Waals surface area contributed by atoms with Crippen LogP contribution < -0.4 is 5.73 Å². The molecule has 4 rings (SSSR count). The summed E-state index contributed by atoms with van der Waals surface area (Å²) in [5.74, 6) is 2.91. The Hall–Kier alpha value is -0.570. The van der Waals surface area contributed by atoms with Crippen molar-refractivity contribution in [3.8, 4) is 0 Å². The normalized spacial score (nSPS) is 51.7. The first-order valence-electron chi connectivity index (χ1n) is 12.1. The van der Waals surface area contributed by atoms with Gasteiger partial charge in [-0.1, -0.05) is 40.5 Å². The van der Waals surface area contributed by atoms with Crippen LogP contribution in [-0.2, 0) is 4.79 Å². The number of rotatable bonds is 4. The van der Waals surface area contributed by atoms with Crippen molar-refractivity contribution in [1.29, 1.82) is 0 Å². The van der Waals surface area contributed by atoms with Crippen molar-refractivity contribution in [3.63, 3.8) is 0 Å². The first kappa shape index (κ1) is 20.7. The molecule has 4 fully saturated rings. The lowest BCUT2D eigenvalue weighted by molar-refractivity contribution is -0.198. The lowest BCUT2D eigenvalue weighted by Gasteiger charge is -2.66. The van der Waals surface area contributed by atoms with Crippen LogP contribution in [0.1, 0.15) is 98.3 Å². The molecule has 3 heteroatoms. The van der Waals surface area contributed by atoms with Gasteiger partial charge in [0.15, 0.2) is 0 Å². The van der Waals surface area contributed by atoms with E-state index in [0.717, 1.165) is 12.8 Å². The lowest BCUT2D eigenvalue weighted by Crippen LogP contribution is -2.61. The van der Waals surface area contributed by atoms with Crippen LogP contribution in [0, 0.1) is 45.8 Å². The van der Waals surface area contributed by atoms with Crippen LogP contribution in [0.5, 0.6) is 0 Å². The van der Waals surface area contributed by atoms with E-state index in [1.54, 1.807) is 0 Å². The van der Waals surface area contributed by atoms with Gasteiger partial charge in [-0.2, -0.15) is 0 Å². The summed E-state index contributed by atoms with van der Waals surface area (Å²) < 4.78 is 0. The van der Waals surface area contributed by atoms with Crippen molar-refractivity contribution in [1.82, 2.24) is 0 Å². The standard InChI is InChI=1S/C25H43NO2/c1-16(7-10-21(26)28)17-8-9-18-22-19(11-14-24(17,18)3)25(4)13-6-5-12-23(25,2)15-20(22)27/h16-20,22,27H,5-15H2,1-4H3,(H2,26,28)/t16-,17-,18?,19?,20?,22+,23+,24-,25-/m1/s1. The molecule has 3 nitrogen and oxygen atoms in total. The number of amides is 1. The average molecular weight is 390 g/mol. The first-order chi connectivity index (χ1) is 13.1. The maximum Gasteiger partial charge on any atom is 0.217 e. The zero-order chi connectivity index (χ0) is 20.3. The number of primary amides is 1. The largest absolute Gasteiger partial charge is 0.393 e. The van der Waals surface area contributed by atoms with Gasteiger partial charge in [-0.15, -0.1) is 0 Å². The third-order valence-corrected chi connectivity index (χ3v) is 10.9. The van der Waals surface area contributed by atoms with Gasteiger partial charge in [0.1, 0.15) is 0 Å². The summed E-state index contributed by atoms with van der Waals surface area (Å²) in [6, 6.07) is 0. The quantitative estimate of drug-likeness (QED) is 0.685. The fraction of sp³-hybridized carbons (Fsp3) is 0.960. The van der Waals surface area contributed by atoms with E-state index in [1.165, 1.54) is 51.4 Å². The molecule has 1 amide bonds. The summed E-state index contributed by atoms with van der Waals surface area (Å²) in [7, 11) is 0. The van der Waals surface area contributed by atoms with Gasteiger partial charge in [-0.3, -0.25) is 4.79 Å². The number of hydrogen-bond acceptors (Lipinski definition) is 2. The molecule has 3 unspecified atom stereocenters. The van der Waals surface area contributed by atoms with Crippen LogP contribution >= 0.6 is 0 Å². The summed E-state index contributed by atoms with van der Waals surface area (Å²) in [6.45, 7) is 9.93. The Balaban J connectivity index is 1.59. The molecule has 4 saturated carbocycles. The fourth-order valence-corrected chi connectivity index (χ4v) is 9.18. The van der Waals surface area contributed by atoms with Gasteiger partial charge in [-0.05, 0) is 97.2 Å². The highest BCUT2D eigenvalue weighted by molar-refractivity contribution is 5.73. The van der Waals surface area contributed by atoms with Crippen LogP contribution in [0.4, 0.5) is 0 Å². The molecule has 0 aromatic heterocycles. The summed E-state index contributed by atoms with van der Waals surface area (Å²) in [4.78, 5) is 11.3. The number of aliphatic hydroxyl groups excluding tert-OH is 1. The van der Waals surface area contributed by atoms with Crippen molar-refractivity contribution >= 4 is 5.91 Å². The molecule has 0 spiro atoms. The minimum atomic E-state index is -0.164. The number of fused-ring (bicyclic) bond motifs is 5. The second-order valence-electron chi connectivity index (χ2n) is 12.0. The van der Waals surface area contributed by atoms with E-state index in [0.29, 0.717) is 52.3 Å². The van der Waals surface area contributed by atoms with Gasteiger partial charge in [0.25, 0.3) is 0 Å². The van der Waals surface area contributed by atoms with E-state index >= 15 is 0 Å². The smallest absolute Gasteiger partial charge is 0.217 e. The second-order valence-corrected chi connectivity index (χ2v) is 12.0. The van der Waals surface area contributed by atoms with Crippen LogP contribution in [0.3, 0.4) is 0 Å². The number of aliphatic hydroxyl groups is 1. The zero-order valence-electron chi connectivity index (χ0n) is 18.7. The predicted molar refractivity (Wildman–Crippen MR) is 113 cm³/mol. The second kappa shape index (κ2) is 7.00. The molecule has 3 N–H and O–H groups in total. The Morgan fingerprint density at radius 3 is 2.50 bits per heavy atom. The Morgan fingerprint density at radius 1 is 1.07 bits per heavy atom. The topological polar surface area (TPSA) is 63.3 Å². The third kappa shape index (κ3) is 2.89. The third-order valence-electron chi connectivity index (χ3n) is 10.9. The molecule has 4 aliphatic carbocycles. The van der Waals surface area contributed by atoms with Gasteiger partial charge in [0, 0.05) is 6.42 Å². The molecular formula is C25H43NO2. The molecule has 9 atom stereocenters. The van der Waals surface area contributed by atoms with Gasteiger partial charge < -0.3 is 10.8 Å². The molecule has 160 valence electrons. The molecule has 0 aromatic carbocycles. The van der Waals surface area contributed by atoms with Crippen LogP contribution in [0.2, 0.25) is 0 Å². The molecule has 0 radical (unpaired) electrons. The summed E-state index contributed by atoms with van der Waals surface area (Å²) in [6.07, 6.45) is 12.9. The number of nitrogens with two attached hydrogens (primary N) is 1. The molecule has 0 heterocycles. The minimum absolute atomic E-state index is 0.120. The van der Waals surface area contributed by atoms with E-state index in [2.05, 4.69) is 27.7 Å². The average Bonchev–Trinajstić information content (AvgIpc) is 2.98. The fourth-order valence-electron chi connectivity index (χ4n) is 9.18. The van der Waals surface area contributed by atoms with Gasteiger partial charge in [-0.25, -0.2) is 0 Å². The number of carbonyl (C=O) groups excluding carboxylic acids is 1. The highest BCUT2D eigenvalue weighted by Gasteiger charge is 2.65. The van der Waals surface area contributed by atoms with Crippen LogP contribution in [0.15, 0.2) is 0 Å². The van der Waals surface area contributed by atoms with Crippen molar-refractivity contribution < 1.29 is 9.90 Å². The highest BCUT2D eigenvalue weighted by Crippen LogP contribution is 2.71. The monoisotopic (exact) mass is 389 g/mol. The maximum atomic E-state index is 11.4. The molecule has 28 heavy (non-hydrogen) atoms. The van der Waals surface area contributed by atoms with Crippen molar-refractivity contribution in [2.24, 2.45) is 51.6 Å². The van der Waals surface area contributed by atoms with E-state index in [9.17, 15) is 9.90 Å². The predicted octanol–water partition coefficient (Wildman–Crippen LogP) is 5.30. The van der Waals surface area contributed by atoms with Crippen molar-refractivity contribution in [2.75, 3.05) is 0 Å². The molecule has 0 saturated heterocycles. The van der Waals surface area contributed by atoms with Gasteiger partial charge in [0.05, 0.1) is 6.10 Å². The van der Waals surface area contributed by atoms with Crippen LogP contribution in [-0.4, -0.2) is 17.1 Å². The van der Waals surface area contributed by atoms with E-state index in [4.69, 9.17) is 5.73 Å². The number of hydrogen-bond donors (Lipinski definition) is 2. The Kier molecular flexibility index (Phi) is 5.17. The first-order valence-corrected chi connectivity index (χ1v) is 12.1. The minimum Gasteiger partial charge on any atom is -0.393 e. The van der Waals surface area contributed by atoms with E-state index in [-0.39, 0.29) is 12.0 Å². The highest BCUT2D eigenvalue weighted by atomic mass is 16.3. The lowest BCUT2D eigenvalue weighted by atomic mass is 9.39. The van der Waals surface area contributed by atoms with Crippen molar-refractivity contribution in [2.45, 2.75) is 104 Å². The Morgan fingerprint density at radius 2 is 1.79 bits per heavy atom. The van der Waals surface area contributed by atoms with Gasteiger partial charge >= 0.3 is 0 Å². The van der Waals surface area contributed by atoms with Crippen LogP contribution in [0.25, 0.3) is 0 Å². The SMILES string of the molecule is C[C@H](CCC(N)=O)[C@H]1CCC2[C@@H]3C(O)C[C@]4(C)CCCC[C@]4(C)C3CC[C@@]21C. The summed E-state index contributed by atoms with van der Waals surface area (Å²) in [5.41, 5.74) is 6.49. The summed E-state index contributed by atoms with van der Waals surface area (Å²) in [5, 5.41) is 11.4. The zero-order valence-corrected chi connectivity index (χ0v) is 18.7. The van der Waals surface area contributed by atoms with Crippen molar-refractivity contribution in [3.05, 3.63) is 0 Å². The molecular weight excluding hydrogens is 346 g/mol. The maximum absolute atomic E-state index is 11.4. The molecule has 0 aliphatic heterocycles. The van der Waals surface area contributed by atoms with E-state index in [1.807, 2.05) is 0 Å². The van der Waals surface area contributed by atoms with Gasteiger partial charge in [0.2, 0.25) is 5.91 Å². The Labute approximate surface area is 172 Å².